The molecule has 66 valence electrons. The Balaban J connectivity index is 0. The van der Waals surface area contributed by atoms with Gasteiger partial charge in [-0.05, 0) is 17.7 Å². The van der Waals surface area contributed by atoms with Crippen LogP contribution in [-0.4, -0.2) is 11.3 Å². The molecule has 0 unspecified atom stereocenters. The van der Waals surface area contributed by atoms with Crippen LogP contribution in [0.3, 0.4) is 0 Å². The summed E-state index contributed by atoms with van der Waals surface area (Å²) in [5.41, 5.74) is 0.899. The van der Waals surface area contributed by atoms with Crippen LogP contribution in [-0.2, 0) is 12.6 Å². The minimum atomic E-state index is 0. The average molecular weight is 237 g/mol. The number of thiocarbonyl (C=S) groups is 1. The first-order valence-corrected chi connectivity index (χ1v) is 3.91. The molecule has 0 heterocycles. The summed E-state index contributed by atoms with van der Waals surface area (Å²) < 4.78 is 5.46. The van der Waals surface area contributed by atoms with Crippen molar-refractivity contribution in [2.24, 2.45) is 0 Å². The van der Waals surface area contributed by atoms with E-state index in [1.54, 1.807) is 7.11 Å². The van der Waals surface area contributed by atoms with Crippen molar-refractivity contribution in [3.05, 3.63) is 37.3 Å². The molecule has 0 saturated carbocycles. The van der Waals surface area contributed by atoms with E-state index in [2.05, 4.69) is 0 Å². The molecule has 0 aliphatic rings. The van der Waals surface area contributed by atoms with Crippen molar-refractivity contribution >= 4 is 29.0 Å². The van der Waals surface area contributed by atoms with Crippen LogP contribution in [0.1, 0.15) is 5.56 Å². The molecule has 0 radical (unpaired) electrons. The topological polar surface area (TPSA) is 9.23 Å². The Morgan fingerprint density at radius 2 is 1.77 bits per heavy atom. The summed E-state index contributed by atoms with van der Waals surface area (Å²) in [5, 5.41) is 0. The van der Waals surface area contributed by atoms with Gasteiger partial charge in [0.25, 0.3) is 0 Å². The SMILES string of the molecule is COc1ccc(C(=S)[S-])cc1.[CH3-].[K+]. The Hall–Kier alpha value is 0.966. The minimum Gasteiger partial charge on any atom is -0.497 e. The van der Waals surface area contributed by atoms with Gasteiger partial charge in [-0.1, -0.05) is 12.1 Å². The van der Waals surface area contributed by atoms with E-state index in [0.717, 1.165) is 11.3 Å². The third kappa shape index (κ3) is 5.42. The van der Waals surface area contributed by atoms with Gasteiger partial charge in [-0.2, -0.15) is 0 Å². The summed E-state index contributed by atoms with van der Waals surface area (Å²) in [6.45, 7) is 0. The third-order valence-corrected chi connectivity index (χ3v) is 1.80. The summed E-state index contributed by atoms with van der Waals surface area (Å²) in [6.07, 6.45) is 0. The van der Waals surface area contributed by atoms with Crippen LogP contribution in [0.4, 0.5) is 0 Å². The molecule has 0 saturated heterocycles. The maximum absolute atomic E-state index is 4.97. The van der Waals surface area contributed by atoms with Crippen molar-refractivity contribution in [1.82, 2.24) is 0 Å². The zero-order valence-corrected chi connectivity index (χ0v) is 12.8. The molecule has 0 atom stereocenters. The van der Waals surface area contributed by atoms with E-state index in [1.165, 1.54) is 0 Å². The van der Waals surface area contributed by atoms with Gasteiger partial charge in [0.15, 0.2) is 0 Å². The first kappa shape index (κ1) is 16.4. The molecule has 0 aliphatic heterocycles. The standard InChI is InChI=1S/C8H8OS2.CH3.K/c1-9-7-4-2-6(3-5-7)8(10)11;;/h2-5H,1H3,(H,10,11);1H3;/q;-1;+1/p-1. The molecule has 0 aliphatic carbocycles. The Bertz CT molecular complexity index is 259. The smallest absolute Gasteiger partial charge is 0.497 e. The normalized spacial score (nSPS) is 7.77. The van der Waals surface area contributed by atoms with Crippen molar-refractivity contribution in [2.75, 3.05) is 7.11 Å². The van der Waals surface area contributed by atoms with Gasteiger partial charge in [-0.25, -0.2) is 0 Å². The van der Waals surface area contributed by atoms with Crippen LogP contribution < -0.4 is 56.1 Å². The largest absolute Gasteiger partial charge is 1.00 e. The molecule has 0 fully saturated rings. The molecule has 0 N–H and O–H groups in total. The zero-order valence-electron chi connectivity index (χ0n) is 8.03. The van der Waals surface area contributed by atoms with Crippen LogP contribution in [0.5, 0.6) is 5.75 Å². The van der Waals surface area contributed by atoms with E-state index in [0.29, 0.717) is 4.20 Å². The predicted molar refractivity (Wildman–Crippen MR) is 58.5 cm³/mol. The summed E-state index contributed by atoms with van der Waals surface area (Å²) in [4.78, 5) is 0. The van der Waals surface area contributed by atoms with Gasteiger partial charge in [-0.15, -0.1) is 4.20 Å². The van der Waals surface area contributed by atoms with E-state index in [9.17, 15) is 0 Å². The van der Waals surface area contributed by atoms with E-state index >= 15 is 0 Å². The second kappa shape index (κ2) is 8.29. The molecular weight excluding hydrogens is 227 g/mol. The Morgan fingerprint density at radius 1 is 1.31 bits per heavy atom. The molecule has 1 rings (SSSR count). The molecule has 4 heteroatoms. The number of methoxy groups -OCH3 is 1. The minimum absolute atomic E-state index is 0. The fourth-order valence-corrected chi connectivity index (χ4v) is 0.999. The fraction of sp³-hybridized carbons (Fsp3) is 0.111. The first-order chi connectivity index (χ1) is 5.24. The van der Waals surface area contributed by atoms with E-state index in [1.807, 2.05) is 24.3 Å². The summed E-state index contributed by atoms with van der Waals surface area (Å²) in [6, 6.07) is 7.39. The van der Waals surface area contributed by atoms with Crippen LogP contribution in [0.15, 0.2) is 24.3 Å². The van der Waals surface area contributed by atoms with Crippen LogP contribution in [0.25, 0.3) is 0 Å². The van der Waals surface area contributed by atoms with Gasteiger partial charge in [0.05, 0.1) is 7.11 Å². The third-order valence-electron chi connectivity index (χ3n) is 1.33. The number of ether oxygens (including phenoxy) is 1. The van der Waals surface area contributed by atoms with Crippen molar-refractivity contribution < 1.29 is 56.1 Å². The Morgan fingerprint density at radius 3 is 2.08 bits per heavy atom. The average Bonchev–Trinajstić information content (AvgIpc) is 2.05. The quantitative estimate of drug-likeness (QED) is 0.293. The molecule has 0 aromatic heterocycles. The van der Waals surface area contributed by atoms with Crippen LogP contribution in [0, 0.1) is 7.43 Å². The predicted octanol–water partition coefficient (Wildman–Crippen LogP) is -0.628. The maximum atomic E-state index is 4.97. The molecule has 1 aromatic rings. The number of rotatable bonds is 2. The van der Waals surface area contributed by atoms with Crippen molar-refractivity contribution in [3.8, 4) is 5.75 Å². The van der Waals surface area contributed by atoms with Gasteiger partial charge >= 0.3 is 51.4 Å². The van der Waals surface area contributed by atoms with E-state index in [-0.39, 0.29) is 58.8 Å². The second-order valence-corrected chi connectivity index (χ2v) is 3.09. The molecule has 13 heavy (non-hydrogen) atoms. The molecular formula is C9H10KOS2-. The van der Waals surface area contributed by atoms with Gasteiger partial charge in [0, 0.05) is 0 Å². The van der Waals surface area contributed by atoms with Gasteiger partial charge in [0.2, 0.25) is 0 Å². The molecule has 1 nitrogen and oxygen atoms in total. The van der Waals surface area contributed by atoms with Gasteiger partial charge < -0.3 is 37.0 Å². The Labute approximate surface area is 133 Å². The number of benzene rings is 1. The zero-order chi connectivity index (χ0) is 8.27. The summed E-state index contributed by atoms with van der Waals surface area (Å²) >= 11 is 9.63. The molecule has 0 spiro atoms. The van der Waals surface area contributed by atoms with Gasteiger partial charge in [0.1, 0.15) is 5.75 Å². The van der Waals surface area contributed by atoms with E-state index < -0.39 is 0 Å². The summed E-state index contributed by atoms with van der Waals surface area (Å²) in [7, 11) is 1.63. The van der Waals surface area contributed by atoms with Crippen molar-refractivity contribution in [2.45, 2.75) is 0 Å². The number of hydrogen-bond acceptors (Lipinski definition) is 3. The van der Waals surface area contributed by atoms with Crippen LogP contribution >= 0.6 is 12.2 Å². The van der Waals surface area contributed by atoms with Crippen molar-refractivity contribution in [1.29, 1.82) is 0 Å². The molecule has 0 bridgehead atoms. The molecule has 1 aromatic carbocycles. The van der Waals surface area contributed by atoms with Gasteiger partial charge in [-0.3, -0.25) is 0 Å². The molecule has 0 amide bonds. The summed E-state index contributed by atoms with van der Waals surface area (Å²) in [5.74, 6) is 0.819. The van der Waals surface area contributed by atoms with Crippen LogP contribution in [0.2, 0.25) is 0 Å². The van der Waals surface area contributed by atoms with E-state index in [4.69, 9.17) is 29.6 Å². The maximum Gasteiger partial charge on any atom is 1.00 e. The van der Waals surface area contributed by atoms with Crippen molar-refractivity contribution in [3.63, 3.8) is 0 Å². The second-order valence-electron chi connectivity index (χ2n) is 2.02. The monoisotopic (exact) mass is 237 g/mol. The first-order valence-electron chi connectivity index (χ1n) is 3.09. The fourth-order valence-electron chi connectivity index (χ4n) is 0.727. The number of hydrogen-bond donors (Lipinski definition) is 0. The Kier molecular flexibility index (Phi) is 10.5.